The van der Waals surface area contributed by atoms with Crippen molar-refractivity contribution in [3.63, 3.8) is 0 Å². The molecular weight excluding hydrogens is 398 g/mol. The maximum Gasteiger partial charge on any atom is 0.433 e. The fourth-order valence-electron chi connectivity index (χ4n) is 4.07. The number of nitrogens with one attached hydrogen (secondary N) is 1. The minimum absolute atomic E-state index is 0.0500. The van der Waals surface area contributed by atoms with E-state index >= 15 is 0 Å². The summed E-state index contributed by atoms with van der Waals surface area (Å²) in [6.45, 7) is 3.70. The lowest BCUT2D eigenvalue weighted by Gasteiger charge is -2.34. The molecule has 30 heavy (non-hydrogen) atoms. The molecule has 2 aromatic rings. The number of anilines is 1. The Morgan fingerprint density at radius 1 is 1.07 bits per heavy atom. The van der Waals surface area contributed by atoms with Crippen molar-refractivity contribution in [2.75, 3.05) is 37.6 Å². The second-order valence-corrected chi connectivity index (χ2v) is 7.82. The molecule has 0 atom stereocenters. The highest BCUT2D eigenvalue weighted by Gasteiger charge is 2.33. The highest BCUT2D eigenvalue weighted by Crippen LogP contribution is 2.29. The lowest BCUT2D eigenvalue weighted by Crippen LogP contribution is -2.47. The zero-order valence-electron chi connectivity index (χ0n) is 16.7. The van der Waals surface area contributed by atoms with Gasteiger partial charge >= 0.3 is 6.18 Å². The van der Waals surface area contributed by atoms with E-state index in [4.69, 9.17) is 0 Å². The van der Waals surface area contributed by atoms with Crippen molar-refractivity contribution in [3.8, 4) is 0 Å². The number of halogens is 4. The highest BCUT2D eigenvalue weighted by molar-refractivity contribution is 5.60. The minimum atomic E-state index is -4.46. The van der Waals surface area contributed by atoms with Crippen LogP contribution in [-0.2, 0) is 19.0 Å². The predicted molar refractivity (Wildman–Crippen MR) is 107 cm³/mol. The van der Waals surface area contributed by atoms with Crippen molar-refractivity contribution in [2.45, 2.75) is 38.3 Å². The molecule has 5 nitrogen and oxygen atoms in total. The van der Waals surface area contributed by atoms with Gasteiger partial charge in [-0.1, -0.05) is 0 Å². The third-order valence-electron chi connectivity index (χ3n) is 5.77. The van der Waals surface area contributed by atoms with Gasteiger partial charge in [-0.2, -0.15) is 13.2 Å². The number of nitrogens with zero attached hydrogens (tertiary/aromatic N) is 4. The summed E-state index contributed by atoms with van der Waals surface area (Å²) in [5.41, 5.74) is 2.41. The van der Waals surface area contributed by atoms with Crippen LogP contribution in [0.4, 0.5) is 23.5 Å². The summed E-state index contributed by atoms with van der Waals surface area (Å²) in [5, 5.41) is 0. The Kier molecular flexibility index (Phi) is 6.08. The van der Waals surface area contributed by atoms with Crippen LogP contribution in [0.1, 0.15) is 41.8 Å². The Hall–Kier alpha value is -2.42. The van der Waals surface area contributed by atoms with Gasteiger partial charge in [-0.25, -0.2) is 14.4 Å². The zero-order chi connectivity index (χ0) is 21.1. The molecule has 0 unspecified atom stereocenters. The molecule has 1 aliphatic carbocycles. The number of H-pyrrole nitrogens is 1. The molecule has 0 spiro atoms. The molecule has 162 valence electrons. The fourth-order valence-corrected chi connectivity index (χ4v) is 4.07. The summed E-state index contributed by atoms with van der Waals surface area (Å²) in [7, 11) is 0. The quantitative estimate of drug-likeness (QED) is 0.558. The van der Waals surface area contributed by atoms with Gasteiger partial charge in [0.05, 0.1) is 0 Å². The second kappa shape index (κ2) is 8.75. The molecule has 0 amide bonds. The molecule has 4 rings (SSSR count). The molecule has 1 fully saturated rings. The molecule has 0 saturated carbocycles. The number of alkyl halides is 3. The van der Waals surface area contributed by atoms with E-state index in [-0.39, 0.29) is 11.8 Å². The predicted octanol–water partition coefficient (Wildman–Crippen LogP) is 4.23. The largest absolute Gasteiger partial charge is 0.433 e. The number of aromatic amines is 1. The first-order chi connectivity index (χ1) is 14.4. The molecule has 0 radical (unpaired) electrons. The summed E-state index contributed by atoms with van der Waals surface area (Å²) < 4.78 is 52.1. The minimum Gasteiger partial charge on any atom is -0.364 e. The van der Waals surface area contributed by atoms with Crippen molar-refractivity contribution >= 4 is 12.0 Å². The van der Waals surface area contributed by atoms with E-state index in [2.05, 4.69) is 19.9 Å². The van der Waals surface area contributed by atoms with Gasteiger partial charge in [-0.15, -0.1) is 0 Å². The average Bonchev–Trinajstić information content (AvgIpc) is 3.13. The van der Waals surface area contributed by atoms with Crippen LogP contribution in [0, 0.1) is 0 Å². The van der Waals surface area contributed by atoms with E-state index in [1.54, 1.807) is 11.0 Å². The monoisotopic (exact) mass is 423 g/mol. The molecule has 9 heteroatoms. The van der Waals surface area contributed by atoms with Gasteiger partial charge < -0.3 is 9.88 Å². The SMILES string of the molecule is FC1=Cc2c(CCCCN3CCN(c4nccc(C(F)(F)F)n4)CC3)c[nH]c2CC1. The number of allylic oxidation sites excluding steroid dienone is 1. The summed E-state index contributed by atoms with van der Waals surface area (Å²) >= 11 is 0. The third kappa shape index (κ3) is 4.83. The van der Waals surface area contributed by atoms with Crippen molar-refractivity contribution < 1.29 is 17.6 Å². The van der Waals surface area contributed by atoms with Crippen molar-refractivity contribution in [1.82, 2.24) is 19.9 Å². The normalized spacial score (nSPS) is 17.7. The van der Waals surface area contributed by atoms with Crippen LogP contribution in [0.25, 0.3) is 6.08 Å². The van der Waals surface area contributed by atoms with Gasteiger partial charge in [-0.05, 0) is 49.9 Å². The highest BCUT2D eigenvalue weighted by atomic mass is 19.4. The number of hydrogen-bond acceptors (Lipinski definition) is 4. The van der Waals surface area contributed by atoms with E-state index < -0.39 is 11.9 Å². The molecule has 1 saturated heterocycles. The lowest BCUT2D eigenvalue weighted by molar-refractivity contribution is -0.141. The Bertz CT molecular complexity index is 897. The number of rotatable bonds is 6. The molecule has 1 aliphatic heterocycles. The Labute approximate surface area is 172 Å². The zero-order valence-corrected chi connectivity index (χ0v) is 16.7. The van der Waals surface area contributed by atoms with Crippen LogP contribution in [-0.4, -0.2) is 52.6 Å². The van der Waals surface area contributed by atoms with Gasteiger partial charge in [0.1, 0.15) is 11.5 Å². The van der Waals surface area contributed by atoms with E-state index in [0.29, 0.717) is 19.5 Å². The second-order valence-electron chi connectivity index (χ2n) is 7.82. The summed E-state index contributed by atoms with van der Waals surface area (Å²) in [5.74, 6) is 0.0907. The van der Waals surface area contributed by atoms with Crippen LogP contribution >= 0.6 is 0 Å². The molecule has 0 bridgehead atoms. The maximum atomic E-state index is 13.6. The average molecular weight is 423 g/mol. The summed E-state index contributed by atoms with van der Waals surface area (Å²) in [6.07, 6.45) is 4.50. The Balaban J connectivity index is 1.21. The van der Waals surface area contributed by atoms with Gasteiger partial charge in [0.2, 0.25) is 5.95 Å². The van der Waals surface area contributed by atoms with E-state index in [0.717, 1.165) is 62.6 Å². The van der Waals surface area contributed by atoms with Crippen LogP contribution in [0.2, 0.25) is 0 Å². The molecular formula is C21H25F4N5. The first kappa shape index (κ1) is 20.8. The van der Waals surface area contributed by atoms with E-state index in [1.165, 1.54) is 11.8 Å². The van der Waals surface area contributed by atoms with Crippen LogP contribution in [0.15, 0.2) is 24.3 Å². The Morgan fingerprint density at radius 2 is 1.87 bits per heavy atom. The van der Waals surface area contributed by atoms with Crippen LogP contribution in [0.5, 0.6) is 0 Å². The van der Waals surface area contributed by atoms with Crippen molar-refractivity contribution in [2.24, 2.45) is 0 Å². The molecule has 0 aromatic carbocycles. The lowest BCUT2D eigenvalue weighted by atomic mass is 9.98. The number of hydrogen-bond donors (Lipinski definition) is 1. The number of fused-ring (bicyclic) bond motifs is 1. The van der Waals surface area contributed by atoms with Gasteiger partial charge in [0.25, 0.3) is 0 Å². The van der Waals surface area contributed by atoms with Crippen LogP contribution in [0.3, 0.4) is 0 Å². The molecule has 3 heterocycles. The van der Waals surface area contributed by atoms with E-state index in [9.17, 15) is 17.6 Å². The fraction of sp³-hybridized carbons (Fsp3) is 0.524. The summed E-state index contributed by atoms with van der Waals surface area (Å²) in [4.78, 5) is 15.1. The first-order valence-electron chi connectivity index (χ1n) is 10.3. The maximum absolute atomic E-state index is 13.6. The molecule has 1 N–H and O–H groups in total. The van der Waals surface area contributed by atoms with Crippen molar-refractivity contribution in [3.05, 3.63) is 46.8 Å². The number of aryl methyl sites for hydroxylation is 2. The molecule has 2 aromatic heterocycles. The third-order valence-corrected chi connectivity index (χ3v) is 5.77. The number of aromatic nitrogens is 3. The van der Waals surface area contributed by atoms with Gasteiger partial charge in [0, 0.05) is 56.3 Å². The van der Waals surface area contributed by atoms with Gasteiger partial charge in [-0.3, -0.25) is 4.90 Å². The number of unbranched alkanes of at least 4 members (excludes halogenated alkanes) is 1. The molecule has 2 aliphatic rings. The first-order valence-corrected chi connectivity index (χ1v) is 10.3. The Morgan fingerprint density at radius 3 is 2.63 bits per heavy atom. The topological polar surface area (TPSA) is 48.1 Å². The van der Waals surface area contributed by atoms with Crippen molar-refractivity contribution in [1.29, 1.82) is 0 Å². The summed E-state index contributed by atoms with van der Waals surface area (Å²) in [6, 6.07) is 0.894. The smallest absolute Gasteiger partial charge is 0.364 e. The van der Waals surface area contributed by atoms with Gasteiger partial charge in [0.15, 0.2) is 0 Å². The van der Waals surface area contributed by atoms with Crippen LogP contribution < -0.4 is 4.90 Å². The van der Waals surface area contributed by atoms with E-state index in [1.807, 2.05) is 6.20 Å². The number of piperazine rings is 1. The standard InChI is InChI=1S/C21H25F4N5/c22-16-4-5-18-17(13-16)15(14-27-18)3-1-2-8-29-9-11-30(12-10-29)20-26-7-6-19(28-20)21(23,24)25/h6-7,13-14,27H,1-5,8-12H2.